The van der Waals surface area contributed by atoms with E-state index in [4.69, 9.17) is 9.26 Å². The van der Waals surface area contributed by atoms with Crippen LogP contribution in [0, 0.1) is 6.92 Å². The van der Waals surface area contributed by atoms with Crippen LogP contribution < -0.4 is 15.0 Å². The number of H-pyrrole nitrogens is 1. The molecule has 0 spiro atoms. The van der Waals surface area contributed by atoms with E-state index < -0.39 is 11.4 Å². The van der Waals surface area contributed by atoms with Crippen molar-refractivity contribution < 1.29 is 18.7 Å². The standard InChI is InChI=1S/C19H16N2O4/c1-13-3-8-15(9-4-13)21-18(19(23)25-20-21)17(22)12-7-14-5-10-16(24-2)11-6-14/h3-12H,1-2H3/p+1/b12-7+. The molecule has 0 amide bonds. The molecule has 6 nitrogen and oxygen atoms in total. The molecule has 3 aromatic rings. The Morgan fingerprint density at radius 3 is 2.44 bits per heavy atom. The predicted molar refractivity (Wildman–Crippen MR) is 92.0 cm³/mol. The van der Waals surface area contributed by atoms with Gasteiger partial charge in [-0.1, -0.05) is 35.9 Å². The number of aromatic nitrogens is 2. The van der Waals surface area contributed by atoms with Gasteiger partial charge in [-0.15, -0.1) is 0 Å². The molecule has 0 saturated carbocycles. The van der Waals surface area contributed by atoms with Crippen molar-refractivity contribution in [2.24, 2.45) is 0 Å². The number of allylic oxidation sites excluding steroid dienone is 1. The van der Waals surface area contributed by atoms with Crippen molar-refractivity contribution in [2.45, 2.75) is 6.92 Å². The van der Waals surface area contributed by atoms with Crippen LogP contribution in [-0.4, -0.2) is 18.2 Å². The Labute approximate surface area is 143 Å². The Hall–Kier alpha value is -3.41. The van der Waals surface area contributed by atoms with Gasteiger partial charge in [0.15, 0.2) is 0 Å². The zero-order chi connectivity index (χ0) is 17.8. The highest BCUT2D eigenvalue weighted by Crippen LogP contribution is 2.12. The normalized spacial score (nSPS) is 11.0. The first-order valence-electron chi connectivity index (χ1n) is 7.65. The van der Waals surface area contributed by atoms with Gasteiger partial charge in [-0.3, -0.25) is 9.32 Å². The minimum Gasteiger partial charge on any atom is -0.497 e. The second-order valence-electron chi connectivity index (χ2n) is 5.47. The van der Waals surface area contributed by atoms with Crippen molar-refractivity contribution in [1.29, 1.82) is 0 Å². The maximum absolute atomic E-state index is 12.5. The molecule has 0 aliphatic rings. The van der Waals surface area contributed by atoms with Crippen LogP contribution in [0.4, 0.5) is 0 Å². The van der Waals surface area contributed by atoms with Gasteiger partial charge >= 0.3 is 11.3 Å². The molecule has 6 heteroatoms. The van der Waals surface area contributed by atoms with Gasteiger partial charge < -0.3 is 4.74 Å². The molecular weight excluding hydrogens is 320 g/mol. The van der Waals surface area contributed by atoms with Gasteiger partial charge in [0.05, 0.1) is 7.11 Å². The lowest BCUT2D eigenvalue weighted by molar-refractivity contribution is -0.672. The predicted octanol–water partition coefficient (Wildman–Crippen LogP) is 2.46. The quantitative estimate of drug-likeness (QED) is 0.441. The van der Waals surface area contributed by atoms with Crippen LogP contribution in [0.15, 0.2) is 63.9 Å². The van der Waals surface area contributed by atoms with Crippen molar-refractivity contribution in [2.75, 3.05) is 7.11 Å². The van der Waals surface area contributed by atoms with E-state index in [1.807, 2.05) is 31.2 Å². The number of carbonyl (C=O) groups excluding carboxylic acids is 1. The molecule has 0 unspecified atom stereocenters. The first-order valence-corrected chi connectivity index (χ1v) is 7.65. The summed E-state index contributed by atoms with van der Waals surface area (Å²) in [4.78, 5) is 24.4. The van der Waals surface area contributed by atoms with E-state index in [2.05, 4.69) is 5.27 Å². The highest BCUT2D eigenvalue weighted by molar-refractivity contribution is 6.04. The highest BCUT2D eigenvalue weighted by Gasteiger charge is 2.28. The number of carbonyl (C=O) groups is 1. The number of hydrogen-bond donors (Lipinski definition) is 1. The molecule has 0 saturated heterocycles. The molecule has 2 aromatic carbocycles. The zero-order valence-corrected chi connectivity index (χ0v) is 13.9. The SMILES string of the molecule is COc1ccc(/C=C/C(=O)c2c(=O)o[nH][n+]2-c2ccc(C)cc2)cc1. The molecule has 1 aromatic heterocycles. The van der Waals surface area contributed by atoms with Crippen LogP contribution in [0.1, 0.15) is 21.6 Å². The van der Waals surface area contributed by atoms with E-state index in [9.17, 15) is 9.59 Å². The summed E-state index contributed by atoms with van der Waals surface area (Å²) >= 11 is 0. The van der Waals surface area contributed by atoms with E-state index in [0.717, 1.165) is 16.9 Å². The fraction of sp³-hybridized carbons (Fsp3) is 0.105. The van der Waals surface area contributed by atoms with Gasteiger partial charge in [0.1, 0.15) is 5.75 Å². The highest BCUT2D eigenvalue weighted by atomic mass is 16.5. The molecule has 0 radical (unpaired) electrons. The minimum absolute atomic E-state index is 0.0892. The van der Waals surface area contributed by atoms with Crippen molar-refractivity contribution in [3.63, 3.8) is 0 Å². The number of nitrogens with one attached hydrogen (secondary N) is 1. The zero-order valence-electron chi connectivity index (χ0n) is 13.9. The van der Waals surface area contributed by atoms with Crippen LogP contribution in [-0.2, 0) is 0 Å². The number of aromatic amines is 1. The van der Waals surface area contributed by atoms with E-state index >= 15 is 0 Å². The maximum Gasteiger partial charge on any atom is 0.439 e. The van der Waals surface area contributed by atoms with E-state index in [0.29, 0.717) is 5.69 Å². The van der Waals surface area contributed by atoms with Crippen LogP contribution in [0.25, 0.3) is 11.8 Å². The molecule has 25 heavy (non-hydrogen) atoms. The maximum atomic E-state index is 12.5. The molecule has 126 valence electrons. The summed E-state index contributed by atoms with van der Waals surface area (Å²) in [7, 11) is 1.59. The monoisotopic (exact) mass is 337 g/mol. The molecule has 0 fully saturated rings. The third-order valence-electron chi connectivity index (χ3n) is 3.72. The number of hydrogen-bond acceptors (Lipinski definition) is 4. The fourth-order valence-electron chi connectivity index (χ4n) is 2.32. The largest absolute Gasteiger partial charge is 0.497 e. The number of ether oxygens (including phenoxy) is 1. The molecule has 1 heterocycles. The molecule has 0 aliphatic heterocycles. The second kappa shape index (κ2) is 7.00. The average molecular weight is 337 g/mol. The Bertz CT molecular complexity index is 964. The van der Waals surface area contributed by atoms with Crippen molar-refractivity contribution in [1.82, 2.24) is 5.27 Å². The first kappa shape index (κ1) is 16.4. The Morgan fingerprint density at radius 1 is 1.12 bits per heavy atom. The van der Waals surface area contributed by atoms with E-state index in [1.54, 1.807) is 37.5 Å². The summed E-state index contributed by atoms with van der Waals surface area (Å²) in [6.45, 7) is 1.95. The first-order chi connectivity index (χ1) is 12.1. The fourth-order valence-corrected chi connectivity index (χ4v) is 2.32. The topological polar surface area (TPSA) is 76.2 Å². The lowest BCUT2D eigenvalue weighted by Gasteiger charge is -1.98. The summed E-state index contributed by atoms with van der Waals surface area (Å²) in [5.41, 5.74) is 1.72. The second-order valence-corrected chi connectivity index (χ2v) is 5.47. The van der Waals surface area contributed by atoms with Gasteiger partial charge in [-0.25, -0.2) is 4.79 Å². The third-order valence-corrected chi connectivity index (χ3v) is 3.72. The molecule has 3 rings (SSSR count). The Balaban J connectivity index is 1.89. The minimum atomic E-state index is -0.718. The number of aryl methyl sites for hydroxylation is 1. The summed E-state index contributed by atoms with van der Waals surface area (Å²) in [6.07, 6.45) is 2.97. The number of ketones is 1. The van der Waals surface area contributed by atoms with Gasteiger partial charge in [0.25, 0.3) is 5.78 Å². The van der Waals surface area contributed by atoms with Crippen LogP contribution in [0.2, 0.25) is 0 Å². The smallest absolute Gasteiger partial charge is 0.439 e. The third kappa shape index (κ3) is 3.58. The molecule has 0 atom stereocenters. The summed E-state index contributed by atoms with van der Waals surface area (Å²) < 4.78 is 11.2. The van der Waals surface area contributed by atoms with Gasteiger partial charge in [0.2, 0.25) is 5.69 Å². The number of rotatable bonds is 5. The molecule has 0 aliphatic carbocycles. The Kier molecular flexibility index (Phi) is 4.61. The van der Waals surface area contributed by atoms with Crippen LogP contribution in [0.5, 0.6) is 5.75 Å². The lowest BCUT2D eigenvalue weighted by Crippen LogP contribution is -2.40. The lowest BCUT2D eigenvalue weighted by atomic mass is 10.1. The average Bonchev–Trinajstić information content (AvgIpc) is 3.02. The molecule has 1 N–H and O–H groups in total. The van der Waals surface area contributed by atoms with E-state index in [1.165, 1.54) is 10.8 Å². The van der Waals surface area contributed by atoms with Gasteiger partial charge in [0, 0.05) is 12.1 Å². The van der Waals surface area contributed by atoms with Crippen LogP contribution >= 0.6 is 0 Å². The Morgan fingerprint density at radius 2 is 1.80 bits per heavy atom. The van der Waals surface area contributed by atoms with Gasteiger partial charge in [-0.2, -0.15) is 0 Å². The van der Waals surface area contributed by atoms with Gasteiger partial charge in [-0.05, 0) is 40.6 Å². The number of benzene rings is 2. The van der Waals surface area contributed by atoms with Crippen molar-refractivity contribution >= 4 is 11.9 Å². The molecule has 0 bridgehead atoms. The van der Waals surface area contributed by atoms with Crippen LogP contribution in [0.3, 0.4) is 0 Å². The van der Waals surface area contributed by atoms with Crippen molar-refractivity contribution in [3.8, 4) is 11.4 Å². The number of methoxy groups -OCH3 is 1. The molecular formula is C19H17N2O4+. The summed E-state index contributed by atoms with van der Waals surface area (Å²) in [6, 6.07) is 14.6. The summed E-state index contributed by atoms with van der Waals surface area (Å²) in [5, 5.41) is 2.46. The van der Waals surface area contributed by atoms with Crippen molar-refractivity contribution in [3.05, 3.63) is 81.8 Å². The summed E-state index contributed by atoms with van der Waals surface area (Å²) in [5.74, 6) is 0.276. The van der Waals surface area contributed by atoms with E-state index in [-0.39, 0.29) is 5.69 Å². The number of nitrogens with zero attached hydrogens (tertiary/aromatic N) is 1.